The summed E-state index contributed by atoms with van der Waals surface area (Å²) in [5.74, 6) is 0. The first kappa shape index (κ1) is 14.0. The Morgan fingerprint density at radius 3 is 3.00 bits per heavy atom. The molecule has 0 radical (unpaired) electrons. The van der Waals surface area contributed by atoms with Gasteiger partial charge in [0.15, 0.2) is 0 Å². The van der Waals surface area contributed by atoms with Gasteiger partial charge in [-0.1, -0.05) is 6.07 Å². The second-order valence-electron chi connectivity index (χ2n) is 5.38. The van der Waals surface area contributed by atoms with E-state index in [1.54, 1.807) is 0 Å². The minimum absolute atomic E-state index is 0.325. The van der Waals surface area contributed by atoms with Crippen molar-refractivity contribution in [3.63, 3.8) is 0 Å². The highest BCUT2D eigenvalue weighted by Crippen LogP contribution is 2.17. The number of pyridine rings is 1. The fourth-order valence-electron chi connectivity index (χ4n) is 2.63. The molecule has 0 saturated carbocycles. The van der Waals surface area contributed by atoms with E-state index in [4.69, 9.17) is 5.26 Å². The largest absolute Gasteiger partial charge is 0.298 e. The molecule has 2 heterocycles. The number of rotatable bonds is 3. The van der Waals surface area contributed by atoms with Crippen LogP contribution < -0.4 is 0 Å². The van der Waals surface area contributed by atoms with Crippen molar-refractivity contribution in [2.45, 2.75) is 38.4 Å². The van der Waals surface area contributed by atoms with E-state index < -0.39 is 0 Å². The molecule has 1 aliphatic rings. The van der Waals surface area contributed by atoms with Crippen LogP contribution in [0.5, 0.6) is 0 Å². The first-order valence-corrected chi connectivity index (χ1v) is 6.92. The van der Waals surface area contributed by atoms with Gasteiger partial charge in [0.2, 0.25) is 0 Å². The maximum absolute atomic E-state index is 8.98. The van der Waals surface area contributed by atoms with Gasteiger partial charge < -0.3 is 0 Å². The van der Waals surface area contributed by atoms with Crippen molar-refractivity contribution in [1.29, 1.82) is 5.26 Å². The van der Waals surface area contributed by atoms with E-state index in [-0.39, 0.29) is 0 Å². The fraction of sp³-hybridized carbons (Fsp3) is 0.600. The molecule has 19 heavy (non-hydrogen) atoms. The molecular weight excluding hydrogens is 236 g/mol. The van der Waals surface area contributed by atoms with Crippen molar-refractivity contribution in [3.8, 4) is 6.07 Å². The lowest BCUT2D eigenvalue weighted by Gasteiger charge is -2.29. The number of likely N-dealkylation sites (N-methyl/N-ethyl adjacent to an activating group) is 1. The van der Waals surface area contributed by atoms with Gasteiger partial charge in [-0.15, -0.1) is 0 Å². The normalized spacial score (nSPS) is 25.7. The Morgan fingerprint density at radius 2 is 2.32 bits per heavy atom. The maximum atomic E-state index is 8.98. The van der Waals surface area contributed by atoms with Crippen molar-refractivity contribution < 1.29 is 0 Å². The number of nitrogens with zero attached hydrogens (tertiary/aromatic N) is 4. The molecule has 1 aliphatic heterocycles. The monoisotopic (exact) mass is 258 g/mol. The first-order valence-electron chi connectivity index (χ1n) is 6.92. The molecule has 2 unspecified atom stereocenters. The van der Waals surface area contributed by atoms with Gasteiger partial charge in [0, 0.05) is 37.9 Å². The zero-order chi connectivity index (χ0) is 13.7. The van der Waals surface area contributed by atoms with E-state index in [1.165, 1.54) is 0 Å². The number of nitriles is 1. The Labute approximate surface area is 115 Å². The van der Waals surface area contributed by atoms with Gasteiger partial charge >= 0.3 is 0 Å². The summed E-state index contributed by atoms with van der Waals surface area (Å²) >= 11 is 0. The summed E-state index contributed by atoms with van der Waals surface area (Å²) in [7, 11) is 2.14. The summed E-state index contributed by atoms with van der Waals surface area (Å²) in [5, 5.41) is 8.98. The predicted octanol–water partition coefficient (Wildman–Crippen LogP) is 1.89. The van der Waals surface area contributed by atoms with Gasteiger partial charge in [-0.2, -0.15) is 5.26 Å². The summed E-state index contributed by atoms with van der Waals surface area (Å²) in [6.07, 6.45) is 3.58. The van der Waals surface area contributed by atoms with E-state index in [0.29, 0.717) is 18.5 Å². The Hall–Kier alpha value is -1.44. The van der Waals surface area contributed by atoms with Gasteiger partial charge in [-0.3, -0.25) is 14.8 Å². The van der Waals surface area contributed by atoms with Crippen LogP contribution >= 0.6 is 0 Å². The lowest BCUT2D eigenvalue weighted by atomic mass is 10.1. The Kier molecular flexibility index (Phi) is 4.89. The van der Waals surface area contributed by atoms with E-state index in [2.05, 4.69) is 40.9 Å². The third-order valence-electron chi connectivity index (χ3n) is 4.04. The van der Waals surface area contributed by atoms with Gasteiger partial charge in [-0.25, -0.2) is 0 Å². The molecule has 1 aromatic heterocycles. The third-order valence-corrected chi connectivity index (χ3v) is 4.04. The molecule has 2 atom stereocenters. The van der Waals surface area contributed by atoms with E-state index in [9.17, 15) is 0 Å². The summed E-state index contributed by atoms with van der Waals surface area (Å²) in [4.78, 5) is 9.16. The van der Waals surface area contributed by atoms with Crippen LogP contribution in [-0.4, -0.2) is 47.0 Å². The smallest absolute Gasteiger partial charge is 0.0638 e. The second-order valence-corrected chi connectivity index (χ2v) is 5.38. The van der Waals surface area contributed by atoms with Crippen molar-refractivity contribution >= 4 is 0 Å². The number of hydrogen-bond donors (Lipinski definition) is 0. The van der Waals surface area contributed by atoms with E-state index in [1.807, 2.05) is 18.3 Å². The Bertz CT molecular complexity index is 426. The lowest BCUT2D eigenvalue weighted by molar-refractivity contribution is 0.175. The summed E-state index contributed by atoms with van der Waals surface area (Å²) < 4.78 is 0. The second kappa shape index (κ2) is 6.65. The highest BCUT2D eigenvalue weighted by atomic mass is 15.2. The number of hydrogen-bond acceptors (Lipinski definition) is 4. The van der Waals surface area contributed by atoms with E-state index in [0.717, 1.165) is 31.7 Å². The average molecular weight is 258 g/mol. The fourth-order valence-corrected chi connectivity index (χ4v) is 2.63. The minimum atomic E-state index is 0.325. The molecular formula is C15H22N4. The Morgan fingerprint density at radius 1 is 1.47 bits per heavy atom. The minimum Gasteiger partial charge on any atom is -0.298 e. The SMILES string of the molecule is CC1CCN(Cc2ccccn2)CC(CC#N)N1C. The van der Waals surface area contributed by atoms with Crippen LogP contribution in [0.1, 0.15) is 25.5 Å². The van der Waals surface area contributed by atoms with Gasteiger partial charge in [0.05, 0.1) is 18.2 Å². The molecule has 0 aromatic carbocycles. The zero-order valence-electron chi connectivity index (χ0n) is 11.8. The lowest BCUT2D eigenvalue weighted by Crippen LogP contribution is -2.41. The molecule has 2 rings (SSSR count). The standard InChI is InChI=1S/C15H22N4/c1-13-7-10-19(11-14-5-3-4-9-17-14)12-15(6-8-16)18(13)2/h3-5,9,13,15H,6-7,10-12H2,1-2H3. The van der Waals surface area contributed by atoms with Crippen molar-refractivity contribution in [1.82, 2.24) is 14.8 Å². The maximum Gasteiger partial charge on any atom is 0.0638 e. The van der Waals surface area contributed by atoms with Crippen molar-refractivity contribution in [2.75, 3.05) is 20.1 Å². The molecule has 0 amide bonds. The van der Waals surface area contributed by atoms with Gasteiger partial charge in [0.25, 0.3) is 0 Å². The number of aromatic nitrogens is 1. The van der Waals surface area contributed by atoms with Gasteiger partial charge in [0.1, 0.15) is 0 Å². The van der Waals surface area contributed by atoms with Crippen LogP contribution in [0.25, 0.3) is 0 Å². The van der Waals surface area contributed by atoms with Gasteiger partial charge in [-0.05, 0) is 32.5 Å². The predicted molar refractivity (Wildman–Crippen MR) is 75.4 cm³/mol. The molecule has 1 saturated heterocycles. The van der Waals surface area contributed by atoms with Crippen LogP contribution in [-0.2, 0) is 6.54 Å². The van der Waals surface area contributed by atoms with E-state index >= 15 is 0 Å². The summed E-state index contributed by atoms with van der Waals surface area (Å²) in [5.41, 5.74) is 1.11. The zero-order valence-corrected chi connectivity index (χ0v) is 11.8. The summed E-state index contributed by atoms with van der Waals surface area (Å²) in [6.45, 7) is 5.15. The molecule has 0 N–H and O–H groups in total. The molecule has 0 spiro atoms. The molecule has 4 heteroatoms. The molecule has 0 aliphatic carbocycles. The Balaban J connectivity index is 2.03. The quantitative estimate of drug-likeness (QED) is 0.830. The summed E-state index contributed by atoms with van der Waals surface area (Å²) in [6, 6.07) is 9.22. The van der Waals surface area contributed by atoms with Crippen LogP contribution in [0, 0.1) is 11.3 Å². The van der Waals surface area contributed by atoms with Crippen LogP contribution in [0.2, 0.25) is 0 Å². The molecule has 1 fully saturated rings. The van der Waals surface area contributed by atoms with Crippen molar-refractivity contribution in [2.24, 2.45) is 0 Å². The van der Waals surface area contributed by atoms with Crippen molar-refractivity contribution in [3.05, 3.63) is 30.1 Å². The molecule has 4 nitrogen and oxygen atoms in total. The molecule has 102 valence electrons. The highest BCUT2D eigenvalue weighted by molar-refractivity contribution is 5.03. The first-order chi connectivity index (χ1) is 9.20. The van der Waals surface area contributed by atoms with Crippen LogP contribution in [0.3, 0.4) is 0 Å². The van der Waals surface area contributed by atoms with Crippen LogP contribution in [0.15, 0.2) is 24.4 Å². The highest BCUT2D eigenvalue weighted by Gasteiger charge is 2.26. The average Bonchev–Trinajstić information content (AvgIpc) is 2.55. The molecule has 1 aromatic rings. The molecule has 0 bridgehead atoms. The third kappa shape index (κ3) is 3.76. The topological polar surface area (TPSA) is 43.2 Å². The van der Waals surface area contributed by atoms with Crippen LogP contribution in [0.4, 0.5) is 0 Å².